The van der Waals surface area contributed by atoms with Gasteiger partial charge in [-0.1, -0.05) is 33.1 Å². The minimum Gasteiger partial charge on any atom is -0.299 e. The second kappa shape index (κ2) is 6.82. The van der Waals surface area contributed by atoms with Crippen molar-refractivity contribution in [2.75, 3.05) is 0 Å². The molecule has 1 saturated carbocycles. The van der Waals surface area contributed by atoms with Crippen molar-refractivity contribution < 1.29 is 9.59 Å². The van der Waals surface area contributed by atoms with Crippen LogP contribution in [0.1, 0.15) is 65.2 Å². The van der Waals surface area contributed by atoms with E-state index in [-0.39, 0.29) is 23.9 Å². The summed E-state index contributed by atoms with van der Waals surface area (Å²) in [4.78, 5) is 23.6. The molecule has 0 radical (unpaired) electrons. The number of carbonyl (C=O) groups is 2. The monoisotopic (exact) mass is 224 g/mol. The first-order valence-corrected chi connectivity index (χ1v) is 6.73. The van der Waals surface area contributed by atoms with Gasteiger partial charge in [0.25, 0.3) is 0 Å². The predicted molar refractivity (Wildman–Crippen MR) is 65.3 cm³/mol. The van der Waals surface area contributed by atoms with Crippen molar-refractivity contribution in [2.45, 2.75) is 65.2 Å². The third kappa shape index (κ3) is 3.73. The van der Waals surface area contributed by atoms with Crippen LogP contribution in [0.4, 0.5) is 0 Å². The van der Waals surface area contributed by atoms with Gasteiger partial charge in [-0.25, -0.2) is 0 Å². The van der Waals surface area contributed by atoms with Crippen LogP contribution in [0.25, 0.3) is 0 Å². The van der Waals surface area contributed by atoms with Crippen LogP contribution in [0.15, 0.2) is 0 Å². The first kappa shape index (κ1) is 13.4. The quantitative estimate of drug-likeness (QED) is 0.672. The van der Waals surface area contributed by atoms with Gasteiger partial charge >= 0.3 is 0 Å². The molecule has 1 aliphatic rings. The minimum atomic E-state index is 0.132. The van der Waals surface area contributed by atoms with E-state index in [0.29, 0.717) is 12.3 Å². The normalized spacial score (nSPS) is 29.1. The van der Waals surface area contributed by atoms with E-state index >= 15 is 0 Å². The fourth-order valence-electron chi connectivity index (χ4n) is 2.83. The van der Waals surface area contributed by atoms with Gasteiger partial charge in [-0.2, -0.15) is 0 Å². The molecule has 1 aliphatic carbocycles. The number of Topliss-reactive ketones (excluding diaryl/α,β-unsaturated/α-hetero) is 2. The molecule has 2 unspecified atom stereocenters. The highest BCUT2D eigenvalue weighted by atomic mass is 16.1. The van der Waals surface area contributed by atoms with Gasteiger partial charge in [0.2, 0.25) is 0 Å². The molecule has 0 aromatic rings. The first-order valence-electron chi connectivity index (χ1n) is 6.73. The molecule has 16 heavy (non-hydrogen) atoms. The average molecular weight is 224 g/mol. The van der Waals surface area contributed by atoms with Crippen molar-refractivity contribution in [3.05, 3.63) is 0 Å². The summed E-state index contributed by atoms with van der Waals surface area (Å²) in [5, 5.41) is 0. The van der Waals surface area contributed by atoms with Gasteiger partial charge in [0.05, 0.1) is 6.42 Å². The molecule has 0 N–H and O–H groups in total. The van der Waals surface area contributed by atoms with E-state index in [9.17, 15) is 9.59 Å². The molecular weight excluding hydrogens is 200 g/mol. The van der Waals surface area contributed by atoms with Crippen molar-refractivity contribution in [1.82, 2.24) is 0 Å². The smallest absolute Gasteiger partial charge is 0.143 e. The van der Waals surface area contributed by atoms with E-state index in [1.165, 1.54) is 6.42 Å². The van der Waals surface area contributed by atoms with Gasteiger partial charge in [-0.15, -0.1) is 0 Å². The number of hydrogen-bond donors (Lipinski definition) is 0. The minimum absolute atomic E-state index is 0.132. The fourth-order valence-corrected chi connectivity index (χ4v) is 2.83. The third-order valence-electron chi connectivity index (χ3n) is 3.85. The Morgan fingerprint density at radius 1 is 1.06 bits per heavy atom. The Morgan fingerprint density at radius 2 is 1.81 bits per heavy atom. The summed E-state index contributed by atoms with van der Waals surface area (Å²) in [6.45, 7) is 4.23. The zero-order chi connectivity index (χ0) is 12.0. The lowest BCUT2D eigenvalue weighted by molar-refractivity contribution is -0.130. The Labute approximate surface area is 98.8 Å². The summed E-state index contributed by atoms with van der Waals surface area (Å²) in [6, 6.07) is 0. The van der Waals surface area contributed by atoms with Gasteiger partial charge in [-0.3, -0.25) is 9.59 Å². The molecule has 0 spiro atoms. The molecule has 0 aromatic heterocycles. The Hall–Kier alpha value is -0.660. The maximum Gasteiger partial charge on any atom is 0.143 e. The Bertz CT molecular complexity index is 245. The zero-order valence-electron chi connectivity index (χ0n) is 10.6. The van der Waals surface area contributed by atoms with Gasteiger partial charge in [0.1, 0.15) is 11.6 Å². The summed E-state index contributed by atoms with van der Waals surface area (Å²) < 4.78 is 0. The second-order valence-corrected chi connectivity index (χ2v) is 4.96. The Morgan fingerprint density at radius 3 is 2.44 bits per heavy atom. The molecule has 0 heterocycles. The van der Waals surface area contributed by atoms with Crippen LogP contribution in [0.5, 0.6) is 0 Å². The summed E-state index contributed by atoms with van der Waals surface area (Å²) >= 11 is 0. The Kier molecular flexibility index (Phi) is 5.72. The van der Waals surface area contributed by atoms with Crippen LogP contribution in [-0.4, -0.2) is 11.6 Å². The molecule has 0 bridgehead atoms. The van der Waals surface area contributed by atoms with Crippen molar-refractivity contribution in [3.63, 3.8) is 0 Å². The fraction of sp³-hybridized carbons (Fsp3) is 0.857. The average Bonchev–Trinajstić information content (AvgIpc) is 2.26. The lowest BCUT2D eigenvalue weighted by Gasteiger charge is -2.25. The molecule has 0 aliphatic heterocycles. The van der Waals surface area contributed by atoms with Crippen molar-refractivity contribution in [3.8, 4) is 0 Å². The lowest BCUT2D eigenvalue weighted by atomic mass is 9.79. The number of ketones is 2. The molecule has 2 atom stereocenters. The van der Waals surface area contributed by atoms with Gasteiger partial charge in [0.15, 0.2) is 0 Å². The maximum atomic E-state index is 12.0. The summed E-state index contributed by atoms with van der Waals surface area (Å²) in [5.41, 5.74) is 0. The van der Waals surface area contributed by atoms with Crippen molar-refractivity contribution in [2.24, 2.45) is 11.8 Å². The maximum absolute atomic E-state index is 12.0. The molecular formula is C14H24O2. The largest absolute Gasteiger partial charge is 0.299 e. The summed E-state index contributed by atoms with van der Waals surface area (Å²) in [6.07, 6.45) is 7.22. The van der Waals surface area contributed by atoms with E-state index in [4.69, 9.17) is 0 Å². The van der Waals surface area contributed by atoms with Crippen molar-refractivity contribution >= 4 is 11.6 Å². The third-order valence-corrected chi connectivity index (χ3v) is 3.85. The van der Waals surface area contributed by atoms with Crippen LogP contribution in [0.2, 0.25) is 0 Å². The van der Waals surface area contributed by atoms with Crippen LogP contribution in [0.3, 0.4) is 0 Å². The van der Waals surface area contributed by atoms with E-state index in [0.717, 1.165) is 32.1 Å². The highest BCUT2D eigenvalue weighted by molar-refractivity contribution is 6.00. The standard InChI is InChI=1S/C14H24O2/c1-3-11-8-6-5-7-9-12(15)10-14(16)13(11)4-2/h11,13H,3-10H2,1-2H3. The summed E-state index contributed by atoms with van der Waals surface area (Å²) in [5.74, 6) is 0.983. The molecule has 0 aromatic carbocycles. The molecule has 2 heteroatoms. The molecule has 2 nitrogen and oxygen atoms in total. The molecule has 0 amide bonds. The predicted octanol–water partition coefficient (Wildman–Crippen LogP) is 3.53. The number of carbonyl (C=O) groups excluding carboxylic acids is 2. The topological polar surface area (TPSA) is 34.1 Å². The van der Waals surface area contributed by atoms with Crippen molar-refractivity contribution in [1.29, 1.82) is 0 Å². The van der Waals surface area contributed by atoms with Crippen LogP contribution in [0, 0.1) is 11.8 Å². The molecule has 0 saturated heterocycles. The van der Waals surface area contributed by atoms with Gasteiger partial charge in [-0.05, 0) is 25.2 Å². The number of hydrogen-bond acceptors (Lipinski definition) is 2. The van der Waals surface area contributed by atoms with E-state index < -0.39 is 0 Å². The molecule has 1 fully saturated rings. The molecule has 1 rings (SSSR count). The first-order chi connectivity index (χ1) is 7.69. The summed E-state index contributed by atoms with van der Waals surface area (Å²) in [7, 11) is 0. The van der Waals surface area contributed by atoms with E-state index in [2.05, 4.69) is 13.8 Å². The zero-order valence-corrected chi connectivity index (χ0v) is 10.6. The van der Waals surface area contributed by atoms with Crippen LogP contribution >= 0.6 is 0 Å². The highest BCUT2D eigenvalue weighted by Crippen LogP contribution is 2.28. The van der Waals surface area contributed by atoms with Crippen LogP contribution < -0.4 is 0 Å². The van der Waals surface area contributed by atoms with E-state index in [1.807, 2.05) is 0 Å². The van der Waals surface area contributed by atoms with E-state index in [1.54, 1.807) is 0 Å². The number of rotatable bonds is 2. The molecule has 92 valence electrons. The second-order valence-electron chi connectivity index (χ2n) is 4.96. The highest BCUT2D eigenvalue weighted by Gasteiger charge is 2.27. The van der Waals surface area contributed by atoms with Gasteiger partial charge in [0, 0.05) is 12.3 Å². The van der Waals surface area contributed by atoms with Gasteiger partial charge < -0.3 is 0 Å². The van der Waals surface area contributed by atoms with Crippen LogP contribution in [-0.2, 0) is 9.59 Å². The lowest BCUT2D eigenvalue weighted by Crippen LogP contribution is -2.26. The SMILES string of the molecule is CCC1CCCCCC(=O)CC(=O)C1CC. The Balaban J connectivity index is 2.71.